The third-order valence-electron chi connectivity index (χ3n) is 7.90. The van der Waals surface area contributed by atoms with E-state index in [0.717, 1.165) is 26.5 Å². The fourth-order valence-electron chi connectivity index (χ4n) is 5.25. The third-order valence-corrected chi connectivity index (χ3v) is 10.4. The number of amides is 4. The van der Waals surface area contributed by atoms with Gasteiger partial charge in [0.2, 0.25) is 11.8 Å². The van der Waals surface area contributed by atoms with Gasteiger partial charge in [-0.25, -0.2) is 0 Å². The highest BCUT2D eigenvalue weighted by molar-refractivity contribution is 8.00. The number of fused-ring (bicyclic) bond motifs is 1. The van der Waals surface area contributed by atoms with Gasteiger partial charge in [0.05, 0.1) is 17.4 Å². The van der Waals surface area contributed by atoms with Gasteiger partial charge >= 0.3 is 0 Å². The molecule has 1 unspecified atom stereocenters. The first-order valence-electron chi connectivity index (χ1n) is 15.5. The summed E-state index contributed by atoms with van der Waals surface area (Å²) in [7, 11) is 0. The molecule has 1 atom stereocenters. The highest BCUT2D eigenvalue weighted by Gasteiger charge is 2.28. The maximum Gasteiger partial charge on any atom is 0.272 e. The predicted molar refractivity (Wildman–Crippen MR) is 191 cm³/mol. The van der Waals surface area contributed by atoms with Crippen LogP contribution in [0.3, 0.4) is 0 Å². The Morgan fingerprint density at radius 2 is 1.77 bits per heavy atom. The zero-order chi connectivity index (χ0) is 34.2. The van der Waals surface area contributed by atoms with Crippen LogP contribution in [0.15, 0.2) is 89.5 Å². The normalized spacial score (nSPS) is 13.1. The van der Waals surface area contributed by atoms with E-state index in [0.29, 0.717) is 47.7 Å². The van der Waals surface area contributed by atoms with Crippen LogP contribution in [-0.4, -0.2) is 40.3 Å². The van der Waals surface area contributed by atoms with Crippen molar-refractivity contribution in [1.82, 2.24) is 10.2 Å². The lowest BCUT2D eigenvalue weighted by Crippen LogP contribution is -2.33. The molecule has 5 rings (SSSR count). The minimum Gasteiger partial charge on any atom is -0.337 e. The van der Waals surface area contributed by atoms with Gasteiger partial charge in [0.15, 0.2) is 0 Å². The molecule has 0 saturated heterocycles. The Hall–Kier alpha value is -5.18. The van der Waals surface area contributed by atoms with Crippen molar-refractivity contribution in [2.75, 3.05) is 17.2 Å². The summed E-state index contributed by atoms with van der Waals surface area (Å²) < 4.78 is 0. The molecule has 2 heterocycles. The molecule has 1 aromatic heterocycles. The van der Waals surface area contributed by atoms with Crippen molar-refractivity contribution in [2.24, 2.45) is 0 Å². The topological polar surface area (TPSA) is 131 Å². The van der Waals surface area contributed by atoms with Gasteiger partial charge in [-0.3, -0.25) is 19.2 Å². The van der Waals surface area contributed by atoms with Crippen LogP contribution in [0.1, 0.15) is 57.8 Å². The average Bonchev–Trinajstić information content (AvgIpc) is 3.44. The predicted octanol–water partition coefficient (Wildman–Crippen LogP) is 6.75. The fraction of sp³-hybridized carbons (Fsp3) is 0.216. The fourth-order valence-corrected chi connectivity index (χ4v) is 7.48. The van der Waals surface area contributed by atoms with Crippen LogP contribution in [0.2, 0.25) is 0 Å². The number of benzene rings is 3. The molecule has 4 aromatic rings. The monoisotopic (exact) mass is 677 g/mol. The largest absolute Gasteiger partial charge is 0.337 e. The maximum atomic E-state index is 13.6. The van der Waals surface area contributed by atoms with Gasteiger partial charge in [-0.1, -0.05) is 55.5 Å². The van der Waals surface area contributed by atoms with E-state index in [1.807, 2.05) is 50.2 Å². The molecule has 0 radical (unpaired) electrons. The zero-order valence-electron chi connectivity index (χ0n) is 26.8. The molecule has 244 valence electrons. The number of nitriles is 1. The first kappa shape index (κ1) is 34.2. The van der Waals surface area contributed by atoms with Gasteiger partial charge in [-0.15, -0.1) is 23.1 Å². The zero-order valence-corrected chi connectivity index (χ0v) is 28.5. The summed E-state index contributed by atoms with van der Waals surface area (Å²) in [5, 5.41) is 18.5. The molecule has 0 spiro atoms. The van der Waals surface area contributed by atoms with E-state index in [1.54, 1.807) is 53.4 Å². The van der Waals surface area contributed by atoms with Gasteiger partial charge in [0.1, 0.15) is 16.8 Å². The van der Waals surface area contributed by atoms with E-state index in [-0.39, 0.29) is 17.5 Å². The van der Waals surface area contributed by atoms with Crippen molar-refractivity contribution in [3.63, 3.8) is 0 Å². The highest BCUT2D eigenvalue weighted by atomic mass is 32.2. The van der Waals surface area contributed by atoms with Gasteiger partial charge in [0.25, 0.3) is 11.8 Å². The molecule has 0 saturated carbocycles. The van der Waals surface area contributed by atoms with E-state index >= 15 is 0 Å². The number of thioether (sulfide) groups is 1. The molecule has 0 fully saturated rings. The summed E-state index contributed by atoms with van der Waals surface area (Å²) in [4.78, 5) is 55.4. The van der Waals surface area contributed by atoms with Crippen molar-refractivity contribution in [3.05, 3.63) is 117 Å². The molecule has 11 heteroatoms. The number of carbonyl (C=O) groups is 4. The van der Waals surface area contributed by atoms with Crippen LogP contribution in [0.5, 0.6) is 0 Å². The third kappa shape index (κ3) is 8.20. The van der Waals surface area contributed by atoms with Crippen molar-refractivity contribution in [3.8, 4) is 6.07 Å². The molecule has 4 amide bonds. The minimum absolute atomic E-state index is 0.0190. The Bertz CT molecular complexity index is 1930. The highest BCUT2D eigenvalue weighted by Crippen LogP contribution is 2.37. The van der Waals surface area contributed by atoms with Gasteiger partial charge in [-0.2, -0.15) is 5.26 Å². The summed E-state index contributed by atoms with van der Waals surface area (Å²) in [6.45, 7) is 6.35. The molecule has 3 aromatic carbocycles. The lowest BCUT2D eigenvalue weighted by molar-refractivity contribution is -0.129. The summed E-state index contributed by atoms with van der Waals surface area (Å²) in [5.41, 5.74) is 4.10. The van der Waals surface area contributed by atoms with Crippen molar-refractivity contribution < 1.29 is 19.2 Å². The van der Waals surface area contributed by atoms with Crippen LogP contribution in [0.25, 0.3) is 6.08 Å². The summed E-state index contributed by atoms with van der Waals surface area (Å²) in [6.07, 6.45) is 2.75. The number of hydrogen-bond donors (Lipinski definition) is 3. The number of rotatable bonds is 10. The van der Waals surface area contributed by atoms with Crippen molar-refractivity contribution in [1.29, 1.82) is 5.26 Å². The van der Waals surface area contributed by atoms with Crippen LogP contribution >= 0.6 is 23.1 Å². The number of thiophene rings is 1. The van der Waals surface area contributed by atoms with Crippen molar-refractivity contribution in [2.45, 2.75) is 50.3 Å². The lowest BCUT2D eigenvalue weighted by Gasteiger charge is -2.25. The van der Waals surface area contributed by atoms with Gasteiger partial charge in [-0.05, 0) is 72.9 Å². The minimum atomic E-state index is -0.497. The van der Waals surface area contributed by atoms with Crippen molar-refractivity contribution >= 4 is 63.5 Å². The first-order valence-corrected chi connectivity index (χ1v) is 17.2. The number of carbonyl (C=O) groups excluding carboxylic acids is 4. The number of nitrogens with one attached hydrogen (secondary N) is 3. The van der Waals surface area contributed by atoms with Gasteiger partial charge in [0, 0.05) is 34.5 Å². The van der Waals surface area contributed by atoms with Crippen LogP contribution in [0, 0.1) is 18.3 Å². The quantitative estimate of drug-likeness (QED) is 0.126. The van der Waals surface area contributed by atoms with Crippen LogP contribution < -0.4 is 16.0 Å². The molecule has 9 nitrogen and oxygen atoms in total. The molecule has 0 bridgehead atoms. The van der Waals surface area contributed by atoms with E-state index in [4.69, 9.17) is 0 Å². The Morgan fingerprint density at radius 3 is 2.48 bits per heavy atom. The Labute approximate surface area is 288 Å². The van der Waals surface area contributed by atoms with E-state index < -0.39 is 17.1 Å². The number of hydrogen-bond acceptors (Lipinski definition) is 7. The second kappa shape index (κ2) is 15.6. The second-order valence-electron chi connectivity index (χ2n) is 11.2. The molecule has 0 aliphatic carbocycles. The summed E-state index contributed by atoms with van der Waals surface area (Å²) >= 11 is 2.70. The number of aryl methyl sites for hydroxylation is 1. The average molecular weight is 678 g/mol. The van der Waals surface area contributed by atoms with Crippen LogP contribution in [0.4, 0.5) is 10.7 Å². The van der Waals surface area contributed by atoms with Crippen LogP contribution in [-0.2, 0) is 27.3 Å². The molecular weight excluding hydrogens is 643 g/mol. The lowest BCUT2D eigenvalue weighted by atomic mass is 10.0. The summed E-state index contributed by atoms with van der Waals surface area (Å²) in [5.74, 6) is -1.16. The molecule has 3 N–H and O–H groups in total. The molecule has 1 aliphatic heterocycles. The van der Waals surface area contributed by atoms with E-state index in [2.05, 4.69) is 22.0 Å². The Balaban J connectivity index is 1.30. The number of anilines is 2. The van der Waals surface area contributed by atoms with Gasteiger partial charge < -0.3 is 20.9 Å². The molecule has 48 heavy (non-hydrogen) atoms. The Kier molecular flexibility index (Phi) is 11.1. The summed E-state index contributed by atoms with van der Waals surface area (Å²) in [6, 6.07) is 25.7. The number of nitrogens with zero attached hydrogens (tertiary/aromatic N) is 2. The SMILES string of the molecule is CCC(Sc1cccc(NC(=O)/C(=C/c2ccccc2C)NC(=O)c2ccccc2)c1)C(=O)Nc1sc2c(c1C#N)CCN(C(C)=O)C2. The molecule has 1 aliphatic rings. The smallest absolute Gasteiger partial charge is 0.272 e. The van der Waals surface area contributed by atoms with E-state index in [1.165, 1.54) is 30.0 Å². The second-order valence-corrected chi connectivity index (χ2v) is 13.6. The van der Waals surface area contributed by atoms with E-state index in [9.17, 15) is 24.4 Å². The Morgan fingerprint density at radius 1 is 1.02 bits per heavy atom. The standard InChI is InChI=1S/C37H35N5O4S2/c1-4-32(36(46)41-37-30(21-38)29-17-18-42(24(3)43)22-33(29)48-37)47-28-16-10-15-27(20-28)39-35(45)31(19-26-14-9-8-11-23(26)2)40-34(44)25-12-6-5-7-13-25/h5-16,19-20,32H,4,17-18,22H2,1-3H3,(H,39,45)(H,40,44)(H,41,46)/b31-19-. The molecular formula is C37H35N5O4S2. The maximum absolute atomic E-state index is 13.6. The first-order chi connectivity index (χ1) is 23.2.